The summed E-state index contributed by atoms with van der Waals surface area (Å²) in [4.78, 5) is 16.9. The summed E-state index contributed by atoms with van der Waals surface area (Å²) in [6.07, 6.45) is 2.18. The van der Waals surface area contributed by atoms with Crippen molar-refractivity contribution in [1.82, 2.24) is 19.6 Å². The second-order valence-electron chi connectivity index (χ2n) is 7.66. The number of methoxy groups -OCH3 is 1. The van der Waals surface area contributed by atoms with E-state index in [4.69, 9.17) is 4.74 Å². The summed E-state index contributed by atoms with van der Waals surface area (Å²) in [5, 5.41) is 4.42. The minimum atomic E-state index is -0.359. The normalized spacial score (nSPS) is 19.0. The maximum absolute atomic E-state index is 11.8. The van der Waals surface area contributed by atoms with Crippen LogP contribution in [0.4, 0.5) is 0 Å². The van der Waals surface area contributed by atoms with Gasteiger partial charge in [0.05, 0.1) is 12.8 Å². The van der Waals surface area contributed by atoms with Crippen molar-refractivity contribution in [1.29, 1.82) is 0 Å². The molecule has 27 heavy (non-hydrogen) atoms. The van der Waals surface area contributed by atoms with Gasteiger partial charge in [-0.2, -0.15) is 5.10 Å². The van der Waals surface area contributed by atoms with Gasteiger partial charge in [0, 0.05) is 45.3 Å². The minimum Gasteiger partial charge on any atom is -0.464 e. The molecule has 0 saturated heterocycles. The molecule has 6 heteroatoms. The van der Waals surface area contributed by atoms with Crippen molar-refractivity contribution >= 4 is 5.97 Å². The standard InChI is InChI=1S/C21H28N4O2/c1-16(13-23-11-8-17-6-3-4-7-18(17)14-23)24-9-5-10-25-19(15-24)12-20(22-25)21(26)27-2/h3-4,6-7,12,16H,5,8-11,13-15H2,1-2H3/t16-/m1/s1. The van der Waals surface area contributed by atoms with Crippen LogP contribution in [0, 0.1) is 0 Å². The topological polar surface area (TPSA) is 50.6 Å². The highest BCUT2D eigenvalue weighted by Crippen LogP contribution is 2.21. The molecule has 0 aliphatic carbocycles. The molecule has 0 spiro atoms. The Labute approximate surface area is 160 Å². The number of hydrogen-bond acceptors (Lipinski definition) is 5. The summed E-state index contributed by atoms with van der Waals surface area (Å²) in [5.74, 6) is -0.359. The Morgan fingerprint density at radius 3 is 2.81 bits per heavy atom. The molecule has 2 aromatic rings. The smallest absolute Gasteiger partial charge is 0.358 e. The number of aryl methyl sites for hydroxylation is 1. The third-order valence-corrected chi connectivity index (χ3v) is 5.79. The van der Waals surface area contributed by atoms with E-state index in [1.54, 1.807) is 0 Å². The summed E-state index contributed by atoms with van der Waals surface area (Å²) in [6, 6.07) is 11.1. The van der Waals surface area contributed by atoms with Crippen molar-refractivity contribution in [2.75, 3.05) is 26.7 Å². The van der Waals surface area contributed by atoms with Crippen LogP contribution in [0.15, 0.2) is 30.3 Å². The molecule has 2 aliphatic heterocycles. The molecule has 0 N–H and O–H groups in total. The average molecular weight is 368 g/mol. The fraction of sp³-hybridized carbons (Fsp3) is 0.524. The number of aromatic nitrogens is 2. The number of carbonyl (C=O) groups is 1. The van der Waals surface area contributed by atoms with Crippen LogP contribution in [0.5, 0.6) is 0 Å². The van der Waals surface area contributed by atoms with Crippen LogP contribution in [0.1, 0.15) is 40.7 Å². The lowest BCUT2D eigenvalue weighted by molar-refractivity contribution is 0.0593. The first kappa shape index (κ1) is 18.2. The summed E-state index contributed by atoms with van der Waals surface area (Å²) < 4.78 is 6.78. The van der Waals surface area contributed by atoms with Crippen molar-refractivity contribution in [2.45, 2.75) is 45.4 Å². The van der Waals surface area contributed by atoms with Crippen molar-refractivity contribution in [3.05, 3.63) is 52.8 Å². The molecule has 0 saturated carbocycles. The van der Waals surface area contributed by atoms with Gasteiger partial charge in [0.15, 0.2) is 5.69 Å². The van der Waals surface area contributed by atoms with E-state index in [0.29, 0.717) is 11.7 Å². The van der Waals surface area contributed by atoms with Gasteiger partial charge in [-0.25, -0.2) is 4.79 Å². The third kappa shape index (κ3) is 3.92. The first-order chi connectivity index (χ1) is 13.1. The Morgan fingerprint density at radius 2 is 2.00 bits per heavy atom. The van der Waals surface area contributed by atoms with Crippen molar-refractivity contribution in [2.24, 2.45) is 0 Å². The van der Waals surface area contributed by atoms with Crippen molar-refractivity contribution < 1.29 is 9.53 Å². The fourth-order valence-electron chi connectivity index (χ4n) is 4.27. The molecular formula is C21H28N4O2. The van der Waals surface area contributed by atoms with Crippen LogP contribution in [-0.4, -0.2) is 58.3 Å². The Bertz CT molecular complexity index is 816. The first-order valence-corrected chi connectivity index (χ1v) is 9.82. The number of hydrogen-bond donors (Lipinski definition) is 0. The van der Waals surface area contributed by atoms with E-state index in [2.05, 4.69) is 46.1 Å². The molecular weight excluding hydrogens is 340 g/mol. The van der Waals surface area contributed by atoms with Crippen LogP contribution >= 0.6 is 0 Å². The maximum atomic E-state index is 11.8. The zero-order valence-electron chi connectivity index (χ0n) is 16.2. The Hall–Kier alpha value is -2.18. The Morgan fingerprint density at radius 1 is 1.19 bits per heavy atom. The maximum Gasteiger partial charge on any atom is 0.358 e. The zero-order valence-corrected chi connectivity index (χ0v) is 16.2. The monoisotopic (exact) mass is 368 g/mol. The summed E-state index contributed by atoms with van der Waals surface area (Å²) in [6.45, 7) is 8.28. The number of ether oxygens (including phenoxy) is 1. The van der Waals surface area contributed by atoms with E-state index in [1.165, 1.54) is 18.2 Å². The number of carbonyl (C=O) groups excluding carboxylic acids is 1. The second-order valence-corrected chi connectivity index (χ2v) is 7.66. The molecule has 0 fully saturated rings. The Balaban J connectivity index is 1.41. The molecule has 0 bridgehead atoms. The number of fused-ring (bicyclic) bond motifs is 2. The van der Waals surface area contributed by atoms with Crippen LogP contribution in [0.25, 0.3) is 0 Å². The van der Waals surface area contributed by atoms with E-state index >= 15 is 0 Å². The van der Waals surface area contributed by atoms with E-state index < -0.39 is 0 Å². The molecule has 0 unspecified atom stereocenters. The van der Waals surface area contributed by atoms with E-state index in [1.807, 2.05) is 10.7 Å². The van der Waals surface area contributed by atoms with E-state index in [-0.39, 0.29) is 5.97 Å². The highest BCUT2D eigenvalue weighted by Gasteiger charge is 2.25. The molecule has 144 valence electrons. The van der Waals surface area contributed by atoms with Gasteiger partial charge in [0.2, 0.25) is 0 Å². The minimum absolute atomic E-state index is 0.359. The average Bonchev–Trinajstić information content (AvgIpc) is 2.98. The molecule has 0 radical (unpaired) electrons. The predicted molar refractivity (Wildman–Crippen MR) is 103 cm³/mol. The van der Waals surface area contributed by atoms with Crippen LogP contribution < -0.4 is 0 Å². The van der Waals surface area contributed by atoms with Gasteiger partial charge in [-0.05, 0) is 37.0 Å². The third-order valence-electron chi connectivity index (χ3n) is 5.79. The molecule has 0 amide bonds. The second kappa shape index (κ2) is 7.82. The fourth-order valence-corrected chi connectivity index (χ4v) is 4.27. The van der Waals surface area contributed by atoms with Gasteiger partial charge in [-0.3, -0.25) is 14.5 Å². The van der Waals surface area contributed by atoms with Crippen LogP contribution in [0.3, 0.4) is 0 Å². The van der Waals surface area contributed by atoms with Crippen LogP contribution in [-0.2, 0) is 30.8 Å². The van der Waals surface area contributed by atoms with Crippen molar-refractivity contribution in [3.8, 4) is 0 Å². The summed E-state index contributed by atoms with van der Waals surface area (Å²) in [5.41, 5.74) is 4.47. The van der Waals surface area contributed by atoms with Gasteiger partial charge in [-0.15, -0.1) is 0 Å². The molecule has 6 nitrogen and oxygen atoms in total. The lowest BCUT2D eigenvalue weighted by atomic mass is 9.99. The summed E-state index contributed by atoms with van der Waals surface area (Å²) >= 11 is 0. The molecule has 4 rings (SSSR count). The highest BCUT2D eigenvalue weighted by molar-refractivity contribution is 5.87. The zero-order chi connectivity index (χ0) is 18.8. The van der Waals surface area contributed by atoms with Gasteiger partial charge < -0.3 is 4.74 Å². The highest BCUT2D eigenvalue weighted by atomic mass is 16.5. The number of benzene rings is 1. The molecule has 3 heterocycles. The van der Waals surface area contributed by atoms with Gasteiger partial charge in [0.1, 0.15) is 0 Å². The number of esters is 1. The lowest BCUT2D eigenvalue weighted by Crippen LogP contribution is -2.43. The summed E-state index contributed by atoms with van der Waals surface area (Å²) in [7, 11) is 1.40. The van der Waals surface area contributed by atoms with Gasteiger partial charge >= 0.3 is 5.97 Å². The van der Waals surface area contributed by atoms with Gasteiger partial charge in [0.25, 0.3) is 0 Å². The molecule has 1 aromatic heterocycles. The quantitative estimate of drug-likeness (QED) is 0.776. The number of nitrogens with zero attached hydrogens (tertiary/aromatic N) is 4. The molecule has 1 atom stereocenters. The molecule has 1 aromatic carbocycles. The lowest BCUT2D eigenvalue weighted by Gasteiger charge is -2.35. The largest absolute Gasteiger partial charge is 0.464 e. The predicted octanol–water partition coefficient (Wildman–Crippen LogP) is 2.32. The van der Waals surface area contributed by atoms with Crippen molar-refractivity contribution in [3.63, 3.8) is 0 Å². The molecule has 2 aliphatic rings. The first-order valence-electron chi connectivity index (χ1n) is 9.82. The Kier molecular flexibility index (Phi) is 5.27. The number of rotatable bonds is 4. The van der Waals surface area contributed by atoms with Gasteiger partial charge in [-0.1, -0.05) is 24.3 Å². The van der Waals surface area contributed by atoms with E-state index in [0.717, 1.165) is 57.8 Å². The van der Waals surface area contributed by atoms with E-state index in [9.17, 15) is 4.79 Å². The SMILES string of the molecule is COC(=O)c1cc2n(n1)CCCN([C@H](C)CN1CCc3ccccc3C1)C2. The van der Waals surface area contributed by atoms with Crippen LogP contribution in [0.2, 0.25) is 0 Å².